The molecule has 1 heterocycles. The lowest BCUT2D eigenvalue weighted by molar-refractivity contribution is 0.473. The molecule has 3 nitrogen and oxygen atoms in total. The summed E-state index contributed by atoms with van der Waals surface area (Å²) < 4.78 is 36.4. The van der Waals surface area contributed by atoms with Gasteiger partial charge in [-0.05, 0) is 31.0 Å². The van der Waals surface area contributed by atoms with E-state index < -0.39 is 9.84 Å². The monoisotopic (exact) mass is 291 g/mol. The van der Waals surface area contributed by atoms with Crippen LogP contribution in [0.25, 0.3) is 0 Å². The molecule has 1 aromatic carbocycles. The molecule has 0 saturated carbocycles. The summed E-state index contributed by atoms with van der Waals surface area (Å²) in [5, 5.41) is 3.56. The number of hydrogen-bond donors (Lipinski definition) is 1. The minimum Gasteiger partial charge on any atom is -0.309 e. The Morgan fingerprint density at radius 3 is 2.94 bits per heavy atom. The first kappa shape index (κ1) is 13.8. The van der Waals surface area contributed by atoms with Crippen LogP contribution in [0.5, 0.6) is 0 Å². The van der Waals surface area contributed by atoms with E-state index in [0.29, 0.717) is 23.6 Å². The number of benzene rings is 1. The molecule has 0 aliphatic carbocycles. The van der Waals surface area contributed by atoms with Gasteiger partial charge in [0.15, 0.2) is 9.84 Å². The summed E-state index contributed by atoms with van der Waals surface area (Å²) in [5.41, 5.74) is 0.463. The Bertz CT molecular complexity index is 533. The molecule has 1 unspecified atom stereocenters. The molecule has 1 saturated heterocycles. The van der Waals surface area contributed by atoms with E-state index in [2.05, 4.69) is 5.32 Å². The lowest BCUT2D eigenvalue weighted by atomic mass is 10.1. The van der Waals surface area contributed by atoms with Crippen LogP contribution < -0.4 is 5.32 Å². The summed E-state index contributed by atoms with van der Waals surface area (Å²) >= 11 is 5.79. The highest BCUT2D eigenvalue weighted by molar-refractivity contribution is 7.91. The van der Waals surface area contributed by atoms with Gasteiger partial charge in [-0.3, -0.25) is 0 Å². The first-order chi connectivity index (χ1) is 8.46. The maximum absolute atomic E-state index is 13.5. The van der Waals surface area contributed by atoms with Gasteiger partial charge in [0, 0.05) is 23.2 Å². The normalized spacial score (nSPS) is 22.9. The molecule has 6 heteroatoms. The van der Waals surface area contributed by atoms with Crippen molar-refractivity contribution in [3.05, 3.63) is 34.6 Å². The van der Waals surface area contributed by atoms with Gasteiger partial charge >= 0.3 is 0 Å². The van der Waals surface area contributed by atoms with E-state index in [9.17, 15) is 12.8 Å². The zero-order chi connectivity index (χ0) is 13.2. The molecule has 0 radical (unpaired) electrons. The summed E-state index contributed by atoms with van der Waals surface area (Å²) in [7, 11) is -2.94. The van der Waals surface area contributed by atoms with Crippen LogP contribution >= 0.6 is 11.6 Å². The number of sulfone groups is 1. The summed E-state index contributed by atoms with van der Waals surface area (Å²) in [4.78, 5) is 0. The molecule has 1 fully saturated rings. The van der Waals surface area contributed by atoms with Gasteiger partial charge in [-0.25, -0.2) is 12.8 Å². The molecule has 0 aromatic heterocycles. The van der Waals surface area contributed by atoms with Crippen molar-refractivity contribution >= 4 is 21.4 Å². The third-order valence-corrected chi connectivity index (χ3v) is 5.11. The van der Waals surface area contributed by atoms with Crippen LogP contribution in [-0.2, 0) is 16.4 Å². The first-order valence-electron chi connectivity index (χ1n) is 5.84. The van der Waals surface area contributed by atoms with Crippen molar-refractivity contribution in [2.75, 3.05) is 11.5 Å². The van der Waals surface area contributed by atoms with Gasteiger partial charge in [-0.15, -0.1) is 0 Å². The topological polar surface area (TPSA) is 46.2 Å². The second-order valence-electron chi connectivity index (χ2n) is 4.57. The van der Waals surface area contributed by atoms with E-state index in [1.165, 1.54) is 12.1 Å². The minimum atomic E-state index is -2.94. The quantitative estimate of drug-likeness (QED) is 0.928. The standard InChI is InChI=1S/C12H15ClFNO2S/c13-10-3-4-12(14)9(6-10)7-15-11-2-1-5-18(16,17)8-11/h3-4,6,11,15H,1-2,5,7-8H2. The Labute approximate surface area is 111 Å². The molecule has 1 aromatic rings. The highest BCUT2D eigenvalue weighted by Crippen LogP contribution is 2.16. The molecular weight excluding hydrogens is 277 g/mol. The summed E-state index contributed by atoms with van der Waals surface area (Å²) in [6.07, 6.45) is 1.47. The highest BCUT2D eigenvalue weighted by Gasteiger charge is 2.24. The summed E-state index contributed by atoms with van der Waals surface area (Å²) in [6, 6.07) is 4.27. The molecule has 2 rings (SSSR count). The van der Waals surface area contributed by atoms with Crippen molar-refractivity contribution in [3.63, 3.8) is 0 Å². The maximum atomic E-state index is 13.5. The third-order valence-electron chi connectivity index (χ3n) is 3.05. The van der Waals surface area contributed by atoms with Crippen LogP contribution in [0, 0.1) is 5.82 Å². The van der Waals surface area contributed by atoms with Crippen LogP contribution in [0.4, 0.5) is 4.39 Å². The van der Waals surface area contributed by atoms with Crippen molar-refractivity contribution in [2.24, 2.45) is 0 Å². The highest BCUT2D eigenvalue weighted by atomic mass is 35.5. The Kier molecular flexibility index (Phi) is 4.25. The fourth-order valence-corrected chi connectivity index (χ4v) is 3.98. The molecule has 1 aliphatic heterocycles. The first-order valence-corrected chi connectivity index (χ1v) is 8.04. The summed E-state index contributed by atoms with van der Waals surface area (Å²) in [5.74, 6) is 0.0666. The predicted molar refractivity (Wildman–Crippen MR) is 69.9 cm³/mol. The SMILES string of the molecule is O=S1(=O)CCCC(NCc2cc(Cl)ccc2F)C1. The van der Waals surface area contributed by atoms with Crippen molar-refractivity contribution < 1.29 is 12.8 Å². The fourth-order valence-electron chi connectivity index (χ4n) is 2.12. The minimum absolute atomic E-state index is 0.0952. The van der Waals surface area contributed by atoms with E-state index in [-0.39, 0.29) is 23.4 Å². The second kappa shape index (κ2) is 5.55. The number of rotatable bonds is 3. The van der Waals surface area contributed by atoms with E-state index >= 15 is 0 Å². The van der Waals surface area contributed by atoms with Crippen molar-refractivity contribution in [3.8, 4) is 0 Å². The molecule has 100 valence electrons. The zero-order valence-electron chi connectivity index (χ0n) is 9.83. The Morgan fingerprint density at radius 1 is 1.44 bits per heavy atom. The van der Waals surface area contributed by atoms with E-state index in [1.807, 2.05) is 0 Å². The smallest absolute Gasteiger partial charge is 0.151 e. The van der Waals surface area contributed by atoms with Gasteiger partial charge in [0.05, 0.1) is 11.5 Å². The van der Waals surface area contributed by atoms with Crippen molar-refractivity contribution in [1.29, 1.82) is 0 Å². The van der Waals surface area contributed by atoms with Gasteiger partial charge in [-0.1, -0.05) is 11.6 Å². The molecular formula is C12H15ClFNO2S. The molecule has 18 heavy (non-hydrogen) atoms. The lowest BCUT2D eigenvalue weighted by Crippen LogP contribution is -2.39. The molecule has 0 amide bonds. The number of hydrogen-bond acceptors (Lipinski definition) is 3. The van der Waals surface area contributed by atoms with E-state index in [0.717, 1.165) is 6.42 Å². The summed E-state index contributed by atoms with van der Waals surface area (Å²) in [6.45, 7) is 0.298. The van der Waals surface area contributed by atoms with Gasteiger partial charge in [0.25, 0.3) is 0 Å². The van der Waals surface area contributed by atoms with Crippen LogP contribution in [0.3, 0.4) is 0 Å². The van der Waals surface area contributed by atoms with E-state index in [4.69, 9.17) is 11.6 Å². The van der Waals surface area contributed by atoms with Gasteiger partial charge in [-0.2, -0.15) is 0 Å². The average molecular weight is 292 g/mol. The van der Waals surface area contributed by atoms with Crippen LogP contribution in [0.15, 0.2) is 18.2 Å². The molecule has 1 N–H and O–H groups in total. The van der Waals surface area contributed by atoms with Gasteiger partial charge < -0.3 is 5.32 Å². The molecule has 1 atom stereocenters. The zero-order valence-corrected chi connectivity index (χ0v) is 11.4. The molecule has 1 aliphatic rings. The predicted octanol–water partition coefficient (Wildman–Crippen LogP) is 2.15. The second-order valence-corrected chi connectivity index (χ2v) is 7.24. The molecule has 0 spiro atoms. The lowest BCUT2D eigenvalue weighted by Gasteiger charge is -2.23. The number of nitrogens with one attached hydrogen (secondary N) is 1. The van der Waals surface area contributed by atoms with Gasteiger partial charge in [0.1, 0.15) is 5.82 Å². The van der Waals surface area contributed by atoms with Crippen LogP contribution in [0.2, 0.25) is 5.02 Å². The Balaban J connectivity index is 1.97. The molecule has 0 bridgehead atoms. The largest absolute Gasteiger partial charge is 0.309 e. The third kappa shape index (κ3) is 3.67. The van der Waals surface area contributed by atoms with Gasteiger partial charge in [0.2, 0.25) is 0 Å². The average Bonchev–Trinajstić information content (AvgIpc) is 2.29. The maximum Gasteiger partial charge on any atom is 0.151 e. The van der Waals surface area contributed by atoms with E-state index in [1.54, 1.807) is 6.07 Å². The Morgan fingerprint density at radius 2 is 2.22 bits per heavy atom. The fraction of sp³-hybridized carbons (Fsp3) is 0.500. The number of halogens is 2. The Hall–Kier alpha value is -0.650. The van der Waals surface area contributed by atoms with Crippen LogP contribution in [0.1, 0.15) is 18.4 Å². The van der Waals surface area contributed by atoms with Crippen molar-refractivity contribution in [2.45, 2.75) is 25.4 Å². The van der Waals surface area contributed by atoms with Crippen LogP contribution in [-0.4, -0.2) is 26.0 Å². The van der Waals surface area contributed by atoms with Crippen molar-refractivity contribution in [1.82, 2.24) is 5.32 Å².